The lowest BCUT2D eigenvalue weighted by Gasteiger charge is -2.24. The van der Waals surface area contributed by atoms with E-state index in [1.54, 1.807) is 12.1 Å². The van der Waals surface area contributed by atoms with Gasteiger partial charge in [0.25, 0.3) is 5.91 Å². The Balaban J connectivity index is 2.69. The summed E-state index contributed by atoms with van der Waals surface area (Å²) in [5, 5.41) is 45.9. The molecule has 1 rings (SSSR count). The summed E-state index contributed by atoms with van der Waals surface area (Å²) in [6.45, 7) is -0.789. The quantitative estimate of drug-likeness (QED) is 0.393. The number of rotatable bonds is 5. The SMILES string of the molecule is O=C([C@H](O)[C@@H](O)[C@H](O)[C@H](O)CO)n1cccc1. The minimum atomic E-state index is -1.89. The van der Waals surface area contributed by atoms with E-state index in [1.807, 2.05) is 0 Å². The maximum absolute atomic E-state index is 11.6. The molecule has 0 spiro atoms. The van der Waals surface area contributed by atoms with E-state index in [2.05, 4.69) is 0 Å². The summed E-state index contributed by atoms with van der Waals surface area (Å²) >= 11 is 0. The summed E-state index contributed by atoms with van der Waals surface area (Å²) < 4.78 is 1.03. The van der Waals surface area contributed by atoms with E-state index in [1.165, 1.54) is 12.4 Å². The molecule has 1 aromatic heterocycles. The van der Waals surface area contributed by atoms with Crippen LogP contribution in [0.1, 0.15) is 4.79 Å². The van der Waals surface area contributed by atoms with Crippen LogP contribution in [0.5, 0.6) is 0 Å². The van der Waals surface area contributed by atoms with Crippen LogP contribution in [0.25, 0.3) is 0 Å². The predicted molar refractivity (Wildman–Crippen MR) is 56.2 cm³/mol. The van der Waals surface area contributed by atoms with Crippen molar-refractivity contribution in [3.05, 3.63) is 24.5 Å². The number of aromatic nitrogens is 1. The second-order valence-electron chi connectivity index (χ2n) is 3.60. The van der Waals surface area contributed by atoms with Crippen molar-refractivity contribution in [1.29, 1.82) is 0 Å². The number of nitrogens with zero attached hydrogens (tertiary/aromatic N) is 1. The largest absolute Gasteiger partial charge is 0.394 e. The lowest BCUT2D eigenvalue weighted by atomic mass is 10.0. The second kappa shape index (κ2) is 5.89. The van der Waals surface area contributed by atoms with Crippen molar-refractivity contribution in [3.8, 4) is 0 Å². The third-order valence-electron chi connectivity index (χ3n) is 2.37. The molecule has 7 nitrogen and oxygen atoms in total. The van der Waals surface area contributed by atoms with Gasteiger partial charge in [-0.25, -0.2) is 0 Å². The summed E-state index contributed by atoms with van der Waals surface area (Å²) in [6, 6.07) is 3.10. The Morgan fingerprint density at radius 2 is 1.59 bits per heavy atom. The molecule has 0 radical (unpaired) electrons. The molecule has 0 amide bonds. The van der Waals surface area contributed by atoms with Gasteiger partial charge in [0.1, 0.15) is 18.3 Å². The number of carbonyl (C=O) groups excluding carboxylic acids is 1. The van der Waals surface area contributed by atoms with E-state index >= 15 is 0 Å². The molecular formula is C10H15NO6. The van der Waals surface area contributed by atoms with Gasteiger partial charge < -0.3 is 25.5 Å². The Morgan fingerprint density at radius 3 is 2.06 bits per heavy atom. The van der Waals surface area contributed by atoms with Crippen molar-refractivity contribution >= 4 is 5.91 Å². The number of carbonyl (C=O) groups is 1. The average molecular weight is 245 g/mol. The molecule has 0 unspecified atom stereocenters. The fourth-order valence-electron chi connectivity index (χ4n) is 1.30. The van der Waals surface area contributed by atoms with Gasteiger partial charge in [0.05, 0.1) is 6.61 Å². The Bertz CT molecular complexity index is 352. The molecule has 1 aromatic rings. The van der Waals surface area contributed by atoms with Crippen LogP contribution in [-0.4, -0.2) is 67.0 Å². The summed E-state index contributed by atoms with van der Waals surface area (Å²) in [5.41, 5.74) is 0. The minimum absolute atomic E-state index is 0.789. The van der Waals surface area contributed by atoms with Crippen molar-refractivity contribution < 1.29 is 30.3 Å². The monoisotopic (exact) mass is 245 g/mol. The first-order valence-corrected chi connectivity index (χ1v) is 4.99. The minimum Gasteiger partial charge on any atom is -0.394 e. The molecule has 0 saturated heterocycles. The van der Waals surface area contributed by atoms with Gasteiger partial charge >= 0.3 is 0 Å². The Hall–Kier alpha value is -1.25. The molecule has 5 N–H and O–H groups in total. The van der Waals surface area contributed by atoms with E-state index in [4.69, 9.17) is 10.2 Å². The summed E-state index contributed by atoms with van der Waals surface area (Å²) in [4.78, 5) is 11.6. The van der Waals surface area contributed by atoms with E-state index in [9.17, 15) is 20.1 Å². The lowest BCUT2D eigenvalue weighted by molar-refractivity contribution is -0.107. The number of hydrogen-bond donors (Lipinski definition) is 5. The normalized spacial score (nSPS) is 18.4. The van der Waals surface area contributed by atoms with Crippen molar-refractivity contribution in [2.75, 3.05) is 6.61 Å². The first-order chi connectivity index (χ1) is 7.99. The standard InChI is InChI=1S/C10H15NO6/c12-5-6(13)7(14)8(15)9(16)10(17)11-3-1-2-4-11/h1-4,6-9,12-16H,5H2/t6-,7-,8+,9-/m1/s1. The van der Waals surface area contributed by atoms with Gasteiger partial charge in [-0.3, -0.25) is 9.36 Å². The molecule has 4 atom stereocenters. The molecule has 0 saturated carbocycles. The third kappa shape index (κ3) is 3.11. The zero-order valence-electron chi connectivity index (χ0n) is 8.92. The maximum Gasteiger partial charge on any atom is 0.262 e. The molecule has 17 heavy (non-hydrogen) atoms. The maximum atomic E-state index is 11.6. The zero-order chi connectivity index (χ0) is 13.0. The van der Waals surface area contributed by atoms with Gasteiger partial charge in [-0.05, 0) is 12.1 Å². The Labute approximate surface area is 97.2 Å². The van der Waals surface area contributed by atoms with Gasteiger partial charge in [-0.15, -0.1) is 0 Å². The fraction of sp³-hybridized carbons (Fsp3) is 0.500. The number of aliphatic hydroxyl groups excluding tert-OH is 5. The van der Waals surface area contributed by atoms with Gasteiger partial charge in [0, 0.05) is 12.4 Å². The van der Waals surface area contributed by atoms with E-state index in [0.717, 1.165) is 4.57 Å². The van der Waals surface area contributed by atoms with Crippen LogP contribution in [0.2, 0.25) is 0 Å². The Kier molecular flexibility index (Phi) is 4.79. The van der Waals surface area contributed by atoms with Gasteiger partial charge in [0.2, 0.25) is 0 Å². The molecule has 0 bridgehead atoms. The van der Waals surface area contributed by atoms with Crippen molar-refractivity contribution in [3.63, 3.8) is 0 Å². The topological polar surface area (TPSA) is 123 Å². The fourth-order valence-corrected chi connectivity index (χ4v) is 1.30. The molecule has 0 aromatic carbocycles. The van der Waals surface area contributed by atoms with E-state index < -0.39 is 36.9 Å². The van der Waals surface area contributed by atoms with Gasteiger partial charge in [0.15, 0.2) is 6.10 Å². The highest BCUT2D eigenvalue weighted by atomic mass is 16.4. The lowest BCUT2D eigenvalue weighted by Crippen LogP contribution is -2.49. The van der Waals surface area contributed by atoms with Gasteiger partial charge in [-0.1, -0.05) is 0 Å². The van der Waals surface area contributed by atoms with E-state index in [-0.39, 0.29) is 0 Å². The highest BCUT2D eigenvalue weighted by molar-refractivity contribution is 5.83. The number of aliphatic hydroxyl groups is 5. The van der Waals surface area contributed by atoms with Crippen molar-refractivity contribution in [2.24, 2.45) is 0 Å². The number of hydrogen-bond acceptors (Lipinski definition) is 6. The Morgan fingerprint density at radius 1 is 1.06 bits per heavy atom. The molecule has 7 heteroatoms. The summed E-state index contributed by atoms with van der Waals surface area (Å²) in [6.07, 6.45) is -4.47. The van der Waals surface area contributed by atoms with Crippen molar-refractivity contribution in [1.82, 2.24) is 4.57 Å². The van der Waals surface area contributed by atoms with Crippen LogP contribution >= 0.6 is 0 Å². The van der Waals surface area contributed by atoms with Crippen LogP contribution in [-0.2, 0) is 0 Å². The molecule has 1 heterocycles. The molecular weight excluding hydrogens is 230 g/mol. The average Bonchev–Trinajstić information content (AvgIpc) is 2.87. The van der Waals surface area contributed by atoms with Gasteiger partial charge in [-0.2, -0.15) is 0 Å². The second-order valence-corrected chi connectivity index (χ2v) is 3.60. The third-order valence-corrected chi connectivity index (χ3v) is 2.37. The van der Waals surface area contributed by atoms with Crippen molar-refractivity contribution in [2.45, 2.75) is 24.4 Å². The summed E-state index contributed by atoms with van der Waals surface area (Å²) in [5.74, 6) is -0.841. The highest BCUT2D eigenvalue weighted by Gasteiger charge is 2.34. The molecule has 0 fully saturated rings. The van der Waals surface area contributed by atoms with Crippen LogP contribution in [0.3, 0.4) is 0 Å². The first-order valence-electron chi connectivity index (χ1n) is 4.99. The first kappa shape index (κ1) is 13.8. The van der Waals surface area contributed by atoms with Crippen LogP contribution in [0.15, 0.2) is 24.5 Å². The smallest absolute Gasteiger partial charge is 0.262 e. The molecule has 0 aliphatic carbocycles. The molecule has 0 aliphatic rings. The van der Waals surface area contributed by atoms with Crippen LogP contribution in [0.4, 0.5) is 0 Å². The molecule has 96 valence electrons. The molecule has 0 aliphatic heterocycles. The zero-order valence-corrected chi connectivity index (χ0v) is 8.92. The predicted octanol–water partition coefficient (Wildman–Crippen LogP) is -2.44. The summed E-state index contributed by atoms with van der Waals surface area (Å²) in [7, 11) is 0. The van der Waals surface area contributed by atoms with E-state index in [0.29, 0.717) is 0 Å². The van der Waals surface area contributed by atoms with Crippen LogP contribution < -0.4 is 0 Å². The van der Waals surface area contributed by atoms with Crippen LogP contribution in [0, 0.1) is 0 Å². The highest BCUT2D eigenvalue weighted by Crippen LogP contribution is 2.07.